The molecule has 0 aromatic rings. The molecule has 0 atom stereocenters. The minimum atomic E-state index is -0.833. The van der Waals surface area contributed by atoms with Crippen molar-refractivity contribution in [3.05, 3.63) is 0 Å². The fourth-order valence-electron chi connectivity index (χ4n) is 0.250. The maximum Gasteiger partial charge on any atom is 0.324 e. The van der Waals surface area contributed by atoms with Crippen LogP contribution in [0.15, 0.2) is 0 Å². The number of hydrogen-bond donors (Lipinski definition) is 1. The number of rotatable bonds is 2. The topological polar surface area (TPSA) is 37.3 Å². The van der Waals surface area contributed by atoms with Gasteiger partial charge in [0.25, 0.3) is 0 Å². The third-order valence-corrected chi connectivity index (χ3v) is 1.65. The van der Waals surface area contributed by atoms with Gasteiger partial charge in [0.2, 0.25) is 0 Å². The van der Waals surface area contributed by atoms with Crippen molar-refractivity contribution in [2.75, 3.05) is 0 Å². The third-order valence-electron chi connectivity index (χ3n) is 0.604. The summed E-state index contributed by atoms with van der Waals surface area (Å²) < 4.78 is 8.46. The van der Waals surface area contributed by atoms with E-state index in [2.05, 4.69) is 6.92 Å². The van der Waals surface area contributed by atoms with Crippen LogP contribution < -0.4 is 0 Å². The van der Waals surface area contributed by atoms with Crippen LogP contribution >= 0.6 is 8.69 Å². The summed E-state index contributed by atoms with van der Waals surface area (Å²) in [5.41, 5.74) is 0. The molecule has 0 rings (SSSR count). The van der Waals surface area contributed by atoms with Crippen LogP contribution in [-0.4, -0.2) is 4.89 Å². The van der Waals surface area contributed by atoms with E-state index in [-0.39, 0.29) is 0 Å². The summed E-state index contributed by atoms with van der Waals surface area (Å²) in [5.74, 6) is 0. The Labute approximate surface area is 61.6 Å². The summed E-state index contributed by atoms with van der Waals surface area (Å²) in [6, 6.07) is 0. The molecule has 0 radical (unpaired) electrons. The average molecular weight is 186 g/mol. The van der Waals surface area contributed by atoms with Gasteiger partial charge in [-0.05, 0) is 0 Å². The molecule has 2 nitrogen and oxygen atoms in total. The Morgan fingerprint density at radius 2 is 2.12 bits per heavy atom. The summed E-state index contributed by atoms with van der Waals surface area (Å²) in [4.78, 5) is 6.99. The first kappa shape index (κ1) is 11.5. The van der Waals surface area contributed by atoms with Gasteiger partial charge in [0.15, 0.2) is 0 Å². The van der Waals surface area contributed by atoms with Crippen LogP contribution in [0.25, 0.3) is 0 Å². The summed E-state index contributed by atoms with van der Waals surface area (Å²) in [5, 5.41) is 1.47. The Morgan fingerprint density at radius 1 is 1.75 bits per heavy atom. The van der Waals surface area contributed by atoms with Gasteiger partial charge in [0, 0.05) is 0 Å². The van der Waals surface area contributed by atoms with E-state index in [9.17, 15) is 0 Å². The smallest absolute Gasteiger partial charge is 0.310 e. The van der Waals surface area contributed by atoms with Gasteiger partial charge in [0.05, 0.1) is 0 Å². The van der Waals surface area contributed by atoms with Crippen LogP contribution in [0.5, 0.6) is 0 Å². The Bertz CT molecular complexity index is 41.0. The summed E-state index contributed by atoms with van der Waals surface area (Å²) in [6.45, 7) is 2.23. The normalized spacial score (nSPS) is 8.00. The van der Waals surface area contributed by atoms with Crippen LogP contribution in [0.3, 0.4) is 0 Å². The van der Waals surface area contributed by atoms with Gasteiger partial charge in [0.1, 0.15) is 0 Å². The van der Waals surface area contributed by atoms with E-state index >= 15 is 0 Å². The first-order valence-electron chi connectivity index (χ1n) is 2.59. The molecule has 0 heterocycles. The molecule has 0 unspecified atom stereocenters. The fraction of sp³-hybridized carbons (Fsp3) is 1.00. The van der Waals surface area contributed by atoms with Gasteiger partial charge in [-0.25, -0.2) is 4.57 Å². The molecule has 0 aromatic carbocycles. The van der Waals surface area contributed by atoms with E-state index < -0.39 is 8.69 Å². The van der Waals surface area contributed by atoms with Gasteiger partial charge in [-0.3, -0.25) is 0 Å². The second-order valence-corrected chi connectivity index (χ2v) is 2.94. The molecule has 0 bridgehead atoms. The minimum absolute atomic E-state index is 0.833. The van der Waals surface area contributed by atoms with Crippen molar-refractivity contribution in [1.29, 1.82) is 0 Å². The molecular formula is C4H10O2PZn. The Kier molecular flexibility index (Phi) is 22.4. The molecule has 8 heavy (non-hydrogen) atoms. The largest absolute Gasteiger partial charge is 0.324 e. The second-order valence-electron chi connectivity index (χ2n) is 1.29. The van der Waals surface area contributed by atoms with Crippen molar-refractivity contribution in [1.82, 2.24) is 0 Å². The maximum atomic E-state index is 8.46. The monoisotopic (exact) mass is 185 g/mol. The molecule has 0 amide bonds. The van der Waals surface area contributed by atoms with Crippen LogP contribution in [0, 0.1) is 0 Å². The zero-order chi connectivity index (χ0) is 6.83. The van der Waals surface area contributed by atoms with Crippen LogP contribution in [-0.2, 0) is 22.9 Å². The SMILES string of the molecule is CCC[CH2][Zn].O=PO. The molecule has 0 fully saturated rings. The molecular weight excluding hydrogens is 176 g/mol. The molecule has 1 N–H and O–H groups in total. The summed E-state index contributed by atoms with van der Waals surface area (Å²) in [7, 11) is -0.833. The van der Waals surface area contributed by atoms with Crippen LogP contribution in [0.1, 0.15) is 19.8 Å². The van der Waals surface area contributed by atoms with Gasteiger partial charge >= 0.3 is 51.8 Å². The van der Waals surface area contributed by atoms with Crippen molar-refractivity contribution in [3.8, 4) is 0 Å². The Balaban J connectivity index is 0. The Morgan fingerprint density at radius 3 is 2.12 bits per heavy atom. The quantitative estimate of drug-likeness (QED) is 0.529. The molecule has 0 aliphatic rings. The first-order chi connectivity index (χ1) is 3.83. The second kappa shape index (κ2) is 15.6. The van der Waals surface area contributed by atoms with Gasteiger partial charge < -0.3 is 4.89 Å². The molecule has 0 saturated carbocycles. The summed E-state index contributed by atoms with van der Waals surface area (Å²) in [6.07, 6.45) is 2.82. The molecule has 0 spiro atoms. The van der Waals surface area contributed by atoms with Crippen molar-refractivity contribution in [2.24, 2.45) is 0 Å². The predicted octanol–water partition coefficient (Wildman–Crippen LogP) is 1.94. The average Bonchev–Trinajstić information content (AvgIpc) is 1.71. The van der Waals surface area contributed by atoms with E-state index in [1.807, 2.05) is 0 Å². The van der Waals surface area contributed by atoms with Crippen molar-refractivity contribution < 1.29 is 27.8 Å². The molecule has 45 valence electrons. The van der Waals surface area contributed by atoms with E-state index in [1.54, 1.807) is 0 Å². The number of unbranched alkanes of at least 4 members (excludes halogenated alkanes) is 1. The zero-order valence-electron chi connectivity index (χ0n) is 5.13. The van der Waals surface area contributed by atoms with Crippen molar-refractivity contribution in [3.63, 3.8) is 0 Å². The number of hydrogen-bond acceptors (Lipinski definition) is 1. The van der Waals surface area contributed by atoms with Gasteiger partial charge in [-0.15, -0.1) is 0 Å². The van der Waals surface area contributed by atoms with E-state index in [0.717, 1.165) is 0 Å². The maximum absolute atomic E-state index is 8.46. The molecule has 0 aromatic heterocycles. The van der Waals surface area contributed by atoms with E-state index in [1.165, 1.54) is 36.2 Å². The first-order valence-corrected chi connectivity index (χ1v) is 5.45. The minimum Gasteiger partial charge on any atom is -0.310 e. The van der Waals surface area contributed by atoms with Crippen molar-refractivity contribution >= 4 is 8.69 Å². The van der Waals surface area contributed by atoms with Gasteiger partial charge in [-0.1, -0.05) is 0 Å². The molecule has 0 saturated heterocycles. The fourth-order valence-corrected chi connectivity index (χ4v) is 1.30. The third kappa shape index (κ3) is 30.0. The van der Waals surface area contributed by atoms with E-state index in [4.69, 9.17) is 9.46 Å². The van der Waals surface area contributed by atoms with E-state index in [0.29, 0.717) is 0 Å². The van der Waals surface area contributed by atoms with Crippen molar-refractivity contribution in [2.45, 2.75) is 24.8 Å². The standard InChI is InChI=1S/C4H9.HO2P.Zn/c1-3-4-2;1-3-2;/h1,3-4H2,2H3;(H,1,2);. The predicted molar refractivity (Wildman–Crippen MR) is 29.5 cm³/mol. The molecule has 0 aliphatic carbocycles. The molecule has 4 heteroatoms. The summed E-state index contributed by atoms with van der Waals surface area (Å²) >= 11 is 1.48. The van der Waals surface area contributed by atoms with Crippen LogP contribution in [0.2, 0.25) is 5.02 Å². The molecule has 0 aliphatic heterocycles. The van der Waals surface area contributed by atoms with Crippen LogP contribution in [0.4, 0.5) is 0 Å². The zero-order valence-corrected chi connectivity index (χ0v) is 8.99. The Hall–Kier alpha value is 0.683. The van der Waals surface area contributed by atoms with Gasteiger partial charge in [-0.2, -0.15) is 0 Å².